The van der Waals surface area contributed by atoms with Crippen LogP contribution in [0.25, 0.3) is 0 Å². The standard InChI is InChI=1S/C13H21N3O/c1-4-9(3)16-12-7-6-10(8-11(12)14)13(17)15-5-2/h6-9,16H,4-5,14H2,1-3H3,(H,15,17)/t9-/m0/s1. The van der Waals surface area contributed by atoms with Crippen LogP contribution in [0.2, 0.25) is 0 Å². The lowest BCUT2D eigenvalue weighted by Gasteiger charge is -2.15. The van der Waals surface area contributed by atoms with Crippen LogP contribution in [0, 0.1) is 0 Å². The molecule has 17 heavy (non-hydrogen) atoms. The Balaban J connectivity index is 2.82. The molecule has 0 aliphatic carbocycles. The maximum absolute atomic E-state index is 11.6. The number of carbonyl (C=O) groups excluding carboxylic acids is 1. The van der Waals surface area contributed by atoms with Gasteiger partial charge in [-0.1, -0.05) is 6.92 Å². The fourth-order valence-electron chi connectivity index (χ4n) is 1.47. The third kappa shape index (κ3) is 3.66. The smallest absolute Gasteiger partial charge is 0.251 e. The summed E-state index contributed by atoms with van der Waals surface area (Å²) in [5.74, 6) is -0.0886. The molecular weight excluding hydrogens is 214 g/mol. The maximum Gasteiger partial charge on any atom is 0.251 e. The van der Waals surface area contributed by atoms with Crippen LogP contribution in [-0.2, 0) is 0 Å². The van der Waals surface area contributed by atoms with E-state index in [4.69, 9.17) is 5.73 Å². The zero-order valence-corrected chi connectivity index (χ0v) is 10.7. The van der Waals surface area contributed by atoms with Gasteiger partial charge in [-0.15, -0.1) is 0 Å². The number of hydrogen-bond donors (Lipinski definition) is 3. The van der Waals surface area contributed by atoms with Crippen molar-refractivity contribution in [3.63, 3.8) is 0 Å². The molecule has 0 saturated heterocycles. The second-order valence-electron chi connectivity index (χ2n) is 4.12. The van der Waals surface area contributed by atoms with E-state index < -0.39 is 0 Å². The third-order valence-corrected chi connectivity index (χ3v) is 2.67. The molecule has 4 heteroatoms. The highest BCUT2D eigenvalue weighted by atomic mass is 16.1. The summed E-state index contributed by atoms with van der Waals surface area (Å²) in [5, 5.41) is 6.05. The number of nitrogen functional groups attached to an aromatic ring is 1. The van der Waals surface area contributed by atoms with Gasteiger partial charge >= 0.3 is 0 Å². The van der Waals surface area contributed by atoms with Gasteiger partial charge in [-0.25, -0.2) is 0 Å². The van der Waals surface area contributed by atoms with Crippen LogP contribution >= 0.6 is 0 Å². The van der Waals surface area contributed by atoms with Crippen LogP contribution in [0.1, 0.15) is 37.6 Å². The summed E-state index contributed by atoms with van der Waals surface area (Å²) in [6.45, 7) is 6.71. The van der Waals surface area contributed by atoms with Crippen molar-refractivity contribution in [3.05, 3.63) is 23.8 Å². The lowest BCUT2D eigenvalue weighted by atomic mass is 10.1. The number of amides is 1. The van der Waals surface area contributed by atoms with Gasteiger partial charge in [0.25, 0.3) is 5.91 Å². The molecule has 0 aromatic heterocycles. The average Bonchev–Trinajstić information content (AvgIpc) is 2.31. The lowest BCUT2D eigenvalue weighted by Crippen LogP contribution is -2.23. The van der Waals surface area contributed by atoms with E-state index in [-0.39, 0.29) is 5.91 Å². The molecule has 1 aromatic carbocycles. The summed E-state index contributed by atoms with van der Waals surface area (Å²) in [4.78, 5) is 11.6. The number of nitrogens with one attached hydrogen (secondary N) is 2. The van der Waals surface area contributed by atoms with Crippen LogP contribution in [0.5, 0.6) is 0 Å². The Kier molecular flexibility index (Phi) is 4.82. The van der Waals surface area contributed by atoms with Crippen molar-refractivity contribution in [1.82, 2.24) is 5.32 Å². The molecule has 0 unspecified atom stereocenters. The molecule has 1 atom stereocenters. The normalized spacial score (nSPS) is 11.9. The first-order valence-electron chi connectivity index (χ1n) is 6.02. The molecule has 0 fully saturated rings. The minimum absolute atomic E-state index is 0.0886. The van der Waals surface area contributed by atoms with E-state index in [2.05, 4.69) is 24.5 Å². The highest BCUT2D eigenvalue weighted by Crippen LogP contribution is 2.21. The first-order chi connectivity index (χ1) is 8.08. The molecular formula is C13H21N3O. The Morgan fingerprint density at radius 2 is 2.12 bits per heavy atom. The average molecular weight is 235 g/mol. The van der Waals surface area contributed by atoms with Gasteiger partial charge in [0.1, 0.15) is 0 Å². The molecule has 1 amide bonds. The second kappa shape index (κ2) is 6.13. The molecule has 94 valence electrons. The van der Waals surface area contributed by atoms with E-state index in [9.17, 15) is 4.79 Å². The van der Waals surface area contributed by atoms with Gasteiger partial charge in [0.05, 0.1) is 11.4 Å². The number of hydrogen-bond acceptors (Lipinski definition) is 3. The number of anilines is 2. The summed E-state index contributed by atoms with van der Waals surface area (Å²) in [6, 6.07) is 5.71. The summed E-state index contributed by atoms with van der Waals surface area (Å²) >= 11 is 0. The minimum Gasteiger partial charge on any atom is -0.397 e. The van der Waals surface area contributed by atoms with Crippen molar-refractivity contribution < 1.29 is 4.79 Å². The summed E-state index contributed by atoms with van der Waals surface area (Å²) in [6.07, 6.45) is 1.03. The van der Waals surface area contributed by atoms with Gasteiger partial charge in [-0.3, -0.25) is 4.79 Å². The third-order valence-electron chi connectivity index (χ3n) is 2.67. The van der Waals surface area contributed by atoms with Crippen molar-refractivity contribution in [2.45, 2.75) is 33.2 Å². The number of nitrogens with two attached hydrogens (primary N) is 1. The molecule has 0 heterocycles. The maximum atomic E-state index is 11.6. The molecule has 1 aromatic rings. The zero-order chi connectivity index (χ0) is 12.8. The van der Waals surface area contributed by atoms with Gasteiger partial charge < -0.3 is 16.4 Å². The van der Waals surface area contributed by atoms with E-state index in [0.717, 1.165) is 12.1 Å². The van der Waals surface area contributed by atoms with E-state index in [1.807, 2.05) is 13.0 Å². The Bertz CT molecular complexity index is 390. The monoisotopic (exact) mass is 235 g/mol. The topological polar surface area (TPSA) is 67.2 Å². The number of rotatable bonds is 5. The van der Waals surface area contributed by atoms with Gasteiger partial charge in [-0.05, 0) is 38.5 Å². The van der Waals surface area contributed by atoms with Gasteiger partial charge in [0, 0.05) is 18.2 Å². The molecule has 0 spiro atoms. The van der Waals surface area contributed by atoms with E-state index >= 15 is 0 Å². The number of benzene rings is 1. The fraction of sp³-hybridized carbons (Fsp3) is 0.462. The number of carbonyl (C=O) groups is 1. The van der Waals surface area contributed by atoms with Crippen molar-refractivity contribution in [3.8, 4) is 0 Å². The molecule has 1 rings (SSSR count). The van der Waals surface area contributed by atoms with Crippen LogP contribution in [0.4, 0.5) is 11.4 Å². The quantitative estimate of drug-likeness (QED) is 0.686. The van der Waals surface area contributed by atoms with Crippen LogP contribution in [0.3, 0.4) is 0 Å². The molecule has 4 nitrogen and oxygen atoms in total. The highest BCUT2D eigenvalue weighted by Gasteiger charge is 2.08. The van der Waals surface area contributed by atoms with Crippen molar-refractivity contribution in [2.24, 2.45) is 0 Å². The van der Waals surface area contributed by atoms with Gasteiger partial charge in [0.15, 0.2) is 0 Å². The zero-order valence-electron chi connectivity index (χ0n) is 10.7. The minimum atomic E-state index is -0.0886. The van der Waals surface area contributed by atoms with Crippen LogP contribution < -0.4 is 16.4 Å². The lowest BCUT2D eigenvalue weighted by molar-refractivity contribution is 0.0956. The second-order valence-corrected chi connectivity index (χ2v) is 4.12. The molecule has 0 aliphatic rings. The summed E-state index contributed by atoms with van der Waals surface area (Å²) in [5.41, 5.74) is 8.00. The Morgan fingerprint density at radius 1 is 1.41 bits per heavy atom. The molecule has 0 saturated carbocycles. The fourth-order valence-corrected chi connectivity index (χ4v) is 1.47. The van der Waals surface area contributed by atoms with E-state index in [1.165, 1.54) is 0 Å². The largest absolute Gasteiger partial charge is 0.397 e. The Labute approximate surface area is 103 Å². The highest BCUT2D eigenvalue weighted by molar-refractivity contribution is 5.96. The van der Waals surface area contributed by atoms with Gasteiger partial charge in [-0.2, -0.15) is 0 Å². The van der Waals surface area contributed by atoms with Gasteiger partial charge in [0.2, 0.25) is 0 Å². The molecule has 0 radical (unpaired) electrons. The molecule has 4 N–H and O–H groups in total. The summed E-state index contributed by atoms with van der Waals surface area (Å²) in [7, 11) is 0. The predicted molar refractivity (Wildman–Crippen MR) is 72.2 cm³/mol. The Hall–Kier alpha value is -1.71. The van der Waals surface area contributed by atoms with Crippen molar-refractivity contribution >= 4 is 17.3 Å². The van der Waals surface area contributed by atoms with E-state index in [0.29, 0.717) is 23.8 Å². The van der Waals surface area contributed by atoms with E-state index in [1.54, 1.807) is 12.1 Å². The SMILES string of the molecule is CCNC(=O)c1ccc(N[C@@H](C)CC)c(N)c1. The molecule has 0 aliphatic heterocycles. The molecule has 0 bridgehead atoms. The van der Waals surface area contributed by atoms with Crippen molar-refractivity contribution in [2.75, 3.05) is 17.6 Å². The first-order valence-corrected chi connectivity index (χ1v) is 6.02. The first kappa shape index (κ1) is 13.4. The van der Waals surface area contributed by atoms with Crippen LogP contribution in [-0.4, -0.2) is 18.5 Å². The van der Waals surface area contributed by atoms with Crippen LogP contribution in [0.15, 0.2) is 18.2 Å². The van der Waals surface area contributed by atoms with Crippen molar-refractivity contribution in [1.29, 1.82) is 0 Å². The Morgan fingerprint density at radius 3 is 2.65 bits per heavy atom. The predicted octanol–water partition coefficient (Wildman–Crippen LogP) is 2.23. The summed E-state index contributed by atoms with van der Waals surface area (Å²) < 4.78 is 0.